The fraction of sp³-hybridized carbons (Fsp3) is 0.0588. The van der Waals surface area contributed by atoms with Gasteiger partial charge in [-0.3, -0.25) is 4.98 Å². The Kier molecular flexibility index (Phi) is 2.97. The van der Waals surface area contributed by atoms with Gasteiger partial charge in [-0.2, -0.15) is 0 Å². The minimum Gasteiger partial charge on any atom is -0.327 e. The average molecular weight is 356 g/mol. The van der Waals surface area contributed by atoms with Crippen LogP contribution in [-0.4, -0.2) is 14.5 Å². The number of aryl methyl sites for hydroxylation is 1. The maximum absolute atomic E-state index is 13.8. The first-order valence-electron chi connectivity index (χ1n) is 6.80. The van der Waals surface area contributed by atoms with Crippen LogP contribution in [0.15, 0.2) is 53.3 Å². The van der Waals surface area contributed by atoms with Crippen LogP contribution in [0.2, 0.25) is 0 Å². The van der Waals surface area contributed by atoms with E-state index in [1.807, 2.05) is 42.1 Å². The van der Waals surface area contributed by atoms with Gasteiger partial charge in [-0.05, 0) is 27.4 Å². The van der Waals surface area contributed by atoms with Crippen LogP contribution in [0.4, 0.5) is 4.39 Å². The molecule has 3 nitrogen and oxygen atoms in total. The maximum Gasteiger partial charge on any atom is 0.143 e. The monoisotopic (exact) mass is 355 g/mol. The Labute approximate surface area is 134 Å². The second-order valence-electron chi connectivity index (χ2n) is 5.16. The summed E-state index contributed by atoms with van der Waals surface area (Å²) in [6.07, 6.45) is 3.63. The lowest BCUT2D eigenvalue weighted by Gasteiger charge is -2.06. The van der Waals surface area contributed by atoms with Gasteiger partial charge < -0.3 is 4.57 Å². The van der Waals surface area contributed by atoms with E-state index in [0.717, 1.165) is 33.2 Å². The Bertz CT molecular complexity index is 1020. The van der Waals surface area contributed by atoms with Gasteiger partial charge in [0.05, 0.1) is 15.5 Å². The molecule has 0 bridgehead atoms. The molecular formula is C17H11BrFN3. The standard InChI is InChI=1S/C17H11BrFN3/c1-22-16-7-14(19)13(18)6-15(16)21-17(22)12-9-20-8-10-4-2-3-5-11(10)12/h2-9H,1H3. The van der Waals surface area contributed by atoms with Crippen molar-refractivity contribution in [2.24, 2.45) is 7.05 Å². The number of halogens is 2. The molecule has 108 valence electrons. The van der Waals surface area contributed by atoms with Gasteiger partial charge in [-0.1, -0.05) is 24.3 Å². The summed E-state index contributed by atoms with van der Waals surface area (Å²) in [4.78, 5) is 8.96. The van der Waals surface area contributed by atoms with E-state index >= 15 is 0 Å². The summed E-state index contributed by atoms with van der Waals surface area (Å²) in [6.45, 7) is 0. The molecule has 0 aliphatic rings. The van der Waals surface area contributed by atoms with Crippen molar-refractivity contribution in [1.29, 1.82) is 0 Å². The number of fused-ring (bicyclic) bond motifs is 2. The van der Waals surface area contributed by atoms with Crippen molar-refractivity contribution < 1.29 is 4.39 Å². The van der Waals surface area contributed by atoms with Gasteiger partial charge >= 0.3 is 0 Å². The quantitative estimate of drug-likeness (QED) is 0.495. The zero-order valence-electron chi connectivity index (χ0n) is 11.7. The lowest BCUT2D eigenvalue weighted by molar-refractivity contribution is 0.622. The summed E-state index contributed by atoms with van der Waals surface area (Å²) in [7, 11) is 1.89. The van der Waals surface area contributed by atoms with Crippen LogP contribution in [-0.2, 0) is 7.05 Å². The molecule has 0 spiro atoms. The van der Waals surface area contributed by atoms with Crippen LogP contribution in [0.25, 0.3) is 33.2 Å². The highest BCUT2D eigenvalue weighted by Gasteiger charge is 2.14. The molecule has 0 radical (unpaired) electrons. The predicted octanol–water partition coefficient (Wildman–Crippen LogP) is 4.69. The molecule has 0 fully saturated rings. The molecule has 5 heteroatoms. The van der Waals surface area contributed by atoms with E-state index in [-0.39, 0.29) is 5.82 Å². The van der Waals surface area contributed by atoms with E-state index in [0.29, 0.717) is 4.47 Å². The molecule has 4 rings (SSSR count). The minimum absolute atomic E-state index is 0.293. The molecule has 0 N–H and O–H groups in total. The summed E-state index contributed by atoms with van der Waals surface area (Å²) in [5, 5.41) is 2.13. The van der Waals surface area contributed by atoms with Gasteiger partial charge in [0.2, 0.25) is 0 Å². The minimum atomic E-state index is -0.293. The number of hydrogen-bond acceptors (Lipinski definition) is 2. The maximum atomic E-state index is 13.8. The van der Waals surface area contributed by atoms with Crippen molar-refractivity contribution in [1.82, 2.24) is 14.5 Å². The Morgan fingerprint density at radius 2 is 1.95 bits per heavy atom. The van der Waals surface area contributed by atoms with E-state index in [9.17, 15) is 4.39 Å². The van der Waals surface area contributed by atoms with Gasteiger partial charge in [0, 0.05) is 36.5 Å². The zero-order valence-corrected chi connectivity index (χ0v) is 13.3. The van der Waals surface area contributed by atoms with Crippen LogP contribution in [0.3, 0.4) is 0 Å². The highest BCUT2D eigenvalue weighted by Crippen LogP contribution is 2.31. The molecule has 0 aliphatic heterocycles. The first-order chi connectivity index (χ1) is 10.6. The molecule has 0 saturated carbocycles. The van der Waals surface area contributed by atoms with Gasteiger partial charge in [0.15, 0.2) is 0 Å². The third-order valence-corrected chi connectivity index (χ3v) is 4.44. The van der Waals surface area contributed by atoms with E-state index in [1.165, 1.54) is 6.07 Å². The summed E-state index contributed by atoms with van der Waals surface area (Å²) in [5.41, 5.74) is 2.44. The Balaban J connectivity index is 2.07. The summed E-state index contributed by atoms with van der Waals surface area (Å²) < 4.78 is 16.1. The second kappa shape index (κ2) is 4.88. The Morgan fingerprint density at radius 3 is 2.82 bits per heavy atom. The first-order valence-corrected chi connectivity index (χ1v) is 7.59. The zero-order chi connectivity index (χ0) is 15.3. The average Bonchev–Trinajstić information content (AvgIpc) is 2.84. The third-order valence-electron chi connectivity index (χ3n) is 3.83. The highest BCUT2D eigenvalue weighted by atomic mass is 79.9. The Hall–Kier alpha value is -2.27. The molecular weight excluding hydrogens is 345 g/mol. The molecule has 0 aliphatic carbocycles. The molecule has 0 saturated heterocycles. The number of pyridine rings is 1. The Morgan fingerprint density at radius 1 is 1.14 bits per heavy atom. The van der Waals surface area contributed by atoms with Gasteiger partial charge in [0.25, 0.3) is 0 Å². The van der Waals surface area contributed by atoms with Crippen molar-refractivity contribution in [3.05, 3.63) is 59.1 Å². The fourth-order valence-corrected chi connectivity index (χ4v) is 3.05. The van der Waals surface area contributed by atoms with Crippen LogP contribution in [0.5, 0.6) is 0 Å². The largest absolute Gasteiger partial charge is 0.327 e. The van der Waals surface area contributed by atoms with Crippen molar-refractivity contribution >= 4 is 37.7 Å². The van der Waals surface area contributed by atoms with Gasteiger partial charge in [-0.25, -0.2) is 9.37 Å². The van der Waals surface area contributed by atoms with E-state index in [2.05, 4.69) is 25.9 Å². The van der Waals surface area contributed by atoms with Gasteiger partial charge in [0.1, 0.15) is 11.6 Å². The summed E-state index contributed by atoms with van der Waals surface area (Å²) >= 11 is 3.21. The number of rotatable bonds is 1. The molecule has 22 heavy (non-hydrogen) atoms. The van der Waals surface area contributed by atoms with Crippen LogP contribution < -0.4 is 0 Å². The fourth-order valence-electron chi connectivity index (χ4n) is 2.72. The second-order valence-corrected chi connectivity index (χ2v) is 6.01. The number of imidazole rings is 1. The van der Waals surface area contributed by atoms with Crippen LogP contribution >= 0.6 is 15.9 Å². The van der Waals surface area contributed by atoms with E-state index in [1.54, 1.807) is 12.3 Å². The number of benzene rings is 2. The van der Waals surface area contributed by atoms with E-state index in [4.69, 9.17) is 0 Å². The van der Waals surface area contributed by atoms with Gasteiger partial charge in [-0.15, -0.1) is 0 Å². The lowest BCUT2D eigenvalue weighted by Crippen LogP contribution is -1.94. The van der Waals surface area contributed by atoms with Crippen LogP contribution in [0, 0.1) is 5.82 Å². The molecule has 2 aromatic heterocycles. The molecule has 0 atom stereocenters. The van der Waals surface area contributed by atoms with Crippen molar-refractivity contribution in [3.63, 3.8) is 0 Å². The molecule has 0 amide bonds. The SMILES string of the molecule is Cn1c(-c2cncc3ccccc23)nc2cc(Br)c(F)cc21. The number of aromatic nitrogens is 3. The summed E-state index contributed by atoms with van der Waals surface area (Å²) in [6, 6.07) is 11.2. The molecule has 4 aromatic rings. The smallest absolute Gasteiger partial charge is 0.143 e. The molecule has 2 heterocycles. The highest BCUT2D eigenvalue weighted by molar-refractivity contribution is 9.10. The third kappa shape index (κ3) is 1.93. The normalized spacial score (nSPS) is 11.4. The number of hydrogen-bond donors (Lipinski definition) is 0. The van der Waals surface area contributed by atoms with Crippen LogP contribution in [0.1, 0.15) is 0 Å². The lowest BCUT2D eigenvalue weighted by atomic mass is 10.1. The predicted molar refractivity (Wildman–Crippen MR) is 89.1 cm³/mol. The number of nitrogens with zero attached hydrogens (tertiary/aromatic N) is 3. The van der Waals surface area contributed by atoms with Crippen molar-refractivity contribution in [3.8, 4) is 11.4 Å². The van der Waals surface area contributed by atoms with E-state index < -0.39 is 0 Å². The van der Waals surface area contributed by atoms with Crippen molar-refractivity contribution in [2.45, 2.75) is 0 Å². The topological polar surface area (TPSA) is 30.7 Å². The van der Waals surface area contributed by atoms with Crippen molar-refractivity contribution in [2.75, 3.05) is 0 Å². The summed E-state index contributed by atoms with van der Waals surface area (Å²) in [5.74, 6) is 0.481. The first kappa shape index (κ1) is 13.4. The molecule has 2 aromatic carbocycles. The molecule has 0 unspecified atom stereocenters.